The van der Waals surface area contributed by atoms with Gasteiger partial charge in [0.1, 0.15) is 36.8 Å². The summed E-state index contributed by atoms with van der Waals surface area (Å²) in [4.78, 5) is 48.0. The second-order valence-electron chi connectivity index (χ2n) is 17.2. The van der Waals surface area contributed by atoms with Crippen molar-refractivity contribution in [2.45, 2.75) is 109 Å². The molecule has 2 aliphatic carbocycles. The van der Waals surface area contributed by atoms with E-state index < -0.39 is 18.1 Å². The predicted molar refractivity (Wildman–Crippen MR) is 258 cm³/mol. The predicted octanol–water partition coefficient (Wildman–Crippen LogP) is 9.27. The van der Waals surface area contributed by atoms with Crippen molar-refractivity contribution in [2.75, 3.05) is 20.8 Å². The van der Waals surface area contributed by atoms with Crippen LogP contribution in [0.4, 0.5) is 0 Å². The molecule has 2 unspecified atom stereocenters. The zero-order valence-electron chi connectivity index (χ0n) is 39.4. The summed E-state index contributed by atoms with van der Waals surface area (Å²) in [5.74, 6) is 0.260. The highest BCUT2D eigenvalue weighted by atomic mass is 16.5. The van der Waals surface area contributed by atoms with Crippen molar-refractivity contribution in [3.05, 3.63) is 156 Å². The van der Waals surface area contributed by atoms with Gasteiger partial charge in [-0.15, -0.1) is 0 Å². The van der Waals surface area contributed by atoms with Gasteiger partial charge in [0.2, 0.25) is 0 Å². The minimum Gasteiger partial charge on any atom is -0.497 e. The second kappa shape index (κ2) is 29.8. The quantitative estimate of drug-likeness (QED) is 0.0266. The molecule has 2 N–H and O–H groups in total. The Labute approximate surface area is 401 Å². The van der Waals surface area contributed by atoms with Crippen LogP contribution in [0.5, 0.6) is 11.5 Å². The van der Waals surface area contributed by atoms with E-state index in [4.69, 9.17) is 28.4 Å². The van der Waals surface area contributed by atoms with E-state index in [-0.39, 0.29) is 61.2 Å². The Bertz CT molecular complexity index is 2140. The molecule has 2 saturated carbocycles. The normalized spacial score (nSPS) is 21.1. The molecule has 12 nitrogen and oxygen atoms in total. The molecule has 0 heterocycles. The molecule has 0 aromatic heterocycles. The first-order chi connectivity index (χ1) is 33.2. The molecule has 0 spiro atoms. The minimum absolute atomic E-state index is 0.0178. The zero-order valence-corrected chi connectivity index (χ0v) is 39.4. The first-order valence-corrected chi connectivity index (χ1v) is 23.7. The number of methoxy groups -OCH3 is 2. The van der Waals surface area contributed by atoms with Gasteiger partial charge in [-0.3, -0.25) is 14.4 Å². The summed E-state index contributed by atoms with van der Waals surface area (Å²) in [6.45, 7) is 1.35. The molecule has 0 bridgehead atoms. The number of esters is 2. The highest BCUT2D eigenvalue weighted by Gasteiger charge is 2.43. The number of unbranched alkanes of at least 4 members (excludes halogenated alkanes) is 2. The van der Waals surface area contributed by atoms with Gasteiger partial charge >= 0.3 is 11.9 Å². The zero-order chi connectivity index (χ0) is 48.4. The molecule has 68 heavy (non-hydrogen) atoms. The average molecular weight is 933 g/mol. The lowest BCUT2D eigenvalue weighted by molar-refractivity contribution is -0.145. The maximum Gasteiger partial charge on any atom is 0.306 e. The Morgan fingerprint density at radius 2 is 1.07 bits per heavy atom. The van der Waals surface area contributed by atoms with Gasteiger partial charge in [0, 0.05) is 44.1 Å². The van der Waals surface area contributed by atoms with Gasteiger partial charge in [0.05, 0.1) is 51.7 Å². The molecule has 7 atom stereocenters. The Morgan fingerprint density at radius 3 is 1.54 bits per heavy atom. The minimum atomic E-state index is -0.504. The molecule has 0 radical (unpaired) electrons. The van der Waals surface area contributed by atoms with Gasteiger partial charge in [-0.2, -0.15) is 0 Å². The number of hydrogen-bond donors (Lipinski definition) is 2. The molecule has 12 heteroatoms. The number of ketones is 1. The number of rotatable bonds is 26. The second-order valence-corrected chi connectivity index (χ2v) is 17.2. The summed E-state index contributed by atoms with van der Waals surface area (Å²) in [5.41, 5.74) is 3.93. The fraction of sp³-hybridized carbons (Fsp3) is 0.429. The van der Waals surface area contributed by atoms with Gasteiger partial charge in [0.25, 0.3) is 0 Å². The molecule has 0 amide bonds. The maximum absolute atomic E-state index is 12.5. The number of Topliss-reactive ketones (excluding diaryl/α,β-unsaturated/α-hetero) is 1. The number of aldehydes is 1. The third-order valence-corrected chi connectivity index (χ3v) is 12.4. The third-order valence-electron chi connectivity index (χ3n) is 12.4. The van der Waals surface area contributed by atoms with Crippen LogP contribution < -0.4 is 9.47 Å². The van der Waals surface area contributed by atoms with E-state index in [1.54, 1.807) is 14.2 Å². The van der Waals surface area contributed by atoms with Crippen molar-refractivity contribution < 1.29 is 57.8 Å². The van der Waals surface area contributed by atoms with Crippen LogP contribution in [0.15, 0.2) is 133 Å². The maximum atomic E-state index is 12.5. The molecular formula is C56H68O12. The molecule has 2 aliphatic rings. The molecular weight excluding hydrogens is 865 g/mol. The number of ether oxygens (including phenoxy) is 6. The van der Waals surface area contributed by atoms with E-state index in [1.807, 2.05) is 133 Å². The van der Waals surface area contributed by atoms with Crippen LogP contribution in [0.25, 0.3) is 0 Å². The Kier molecular flexibility index (Phi) is 23.2. The van der Waals surface area contributed by atoms with Crippen molar-refractivity contribution in [1.82, 2.24) is 0 Å². The Hall–Kier alpha value is -5.92. The number of aliphatic hydroxyl groups is 2. The van der Waals surface area contributed by atoms with Crippen LogP contribution in [-0.2, 0) is 64.6 Å². The van der Waals surface area contributed by atoms with E-state index in [9.17, 15) is 29.4 Å². The van der Waals surface area contributed by atoms with E-state index >= 15 is 0 Å². The number of benzene rings is 4. The highest BCUT2D eigenvalue weighted by molar-refractivity contribution is 5.88. The standard InChI is InChI=1S/C28H36O6.C28H32O6/c2*1-32-23-15-13-22(14-16-23)19-33-27-17-26(30)24(25(27)18-29)11-7-2-3-8-12-28(31)34-20-21-9-5-4-6-10-21/h2,4-7,9-10,13-16,24-27,29-30H,3,8,11-12,17-20H2,1H3;2,4-7,9-10,13-16,18,24-25,27H,3,8,11-12,17,19-20H2,1H3/b2*7-2-/t24-,25-,26+,27?;24-,25-,27?/m11/s1. The number of aliphatic hydroxyl groups excluding tert-OH is 2. The van der Waals surface area contributed by atoms with Gasteiger partial charge < -0.3 is 43.4 Å². The molecule has 0 aliphatic heterocycles. The summed E-state index contributed by atoms with van der Waals surface area (Å²) in [6.07, 6.45) is 13.3. The first-order valence-electron chi connectivity index (χ1n) is 23.7. The smallest absolute Gasteiger partial charge is 0.306 e. The Morgan fingerprint density at radius 1 is 0.603 bits per heavy atom. The van der Waals surface area contributed by atoms with Crippen molar-refractivity contribution in [2.24, 2.45) is 23.7 Å². The van der Waals surface area contributed by atoms with Gasteiger partial charge in [-0.1, -0.05) is 109 Å². The van der Waals surface area contributed by atoms with Crippen molar-refractivity contribution in [3.63, 3.8) is 0 Å². The SMILES string of the molecule is COc1ccc(COC2CC(=O)[C@H](C/C=C\CCCC(=O)OCc3ccccc3)[C@H]2C=O)cc1.COc1ccc(COC2C[C@H](O)[C@H](C/C=C\CCCC(=O)OCc3ccccc3)[C@H]2CO)cc1. The summed E-state index contributed by atoms with van der Waals surface area (Å²) in [6, 6.07) is 34.4. The highest BCUT2D eigenvalue weighted by Crippen LogP contribution is 2.38. The number of carbonyl (C=O) groups is 4. The van der Waals surface area contributed by atoms with Crippen molar-refractivity contribution >= 4 is 24.0 Å². The van der Waals surface area contributed by atoms with Crippen LogP contribution in [0.2, 0.25) is 0 Å². The monoisotopic (exact) mass is 932 g/mol. The van der Waals surface area contributed by atoms with E-state index in [1.165, 1.54) is 0 Å². The third kappa shape index (κ3) is 18.0. The number of hydrogen-bond acceptors (Lipinski definition) is 12. The summed E-state index contributed by atoms with van der Waals surface area (Å²) in [7, 11) is 3.24. The largest absolute Gasteiger partial charge is 0.497 e. The molecule has 6 rings (SSSR count). The summed E-state index contributed by atoms with van der Waals surface area (Å²) in [5, 5.41) is 20.5. The van der Waals surface area contributed by atoms with Gasteiger partial charge in [0.15, 0.2) is 0 Å². The van der Waals surface area contributed by atoms with Crippen LogP contribution in [0.3, 0.4) is 0 Å². The van der Waals surface area contributed by atoms with Crippen molar-refractivity contribution in [1.29, 1.82) is 0 Å². The average Bonchev–Trinajstić information content (AvgIpc) is 3.86. The van der Waals surface area contributed by atoms with Crippen LogP contribution in [0.1, 0.15) is 86.5 Å². The lowest BCUT2D eigenvalue weighted by Gasteiger charge is -2.23. The van der Waals surface area contributed by atoms with Crippen molar-refractivity contribution in [3.8, 4) is 11.5 Å². The van der Waals surface area contributed by atoms with Gasteiger partial charge in [-0.05, 0) is 91.0 Å². The molecule has 2 fully saturated rings. The lowest BCUT2D eigenvalue weighted by Crippen LogP contribution is -2.26. The molecule has 0 saturated heterocycles. The molecule has 4 aromatic rings. The van der Waals surface area contributed by atoms with E-state index in [2.05, 4.69) is 0 Å². The summed E-state index contributed by atoms with van der Waals surface area (Å²) >= 11 is 0. The van der Waals surface area contributed by atoms with Gasteiger partial charge in [-0.25, -0.2) is 0 Å². The number of carbonyl (C=O) groups excluding carboxylic acids is 4. The fourth-order valence-corrected chi connectivity index (χ4v) is 8.46. The van der Waals surface area contributed by atoms with Crippen LogP contribution >= 0.6 is 0 Å². The van der Waals surface area contributed by atoms with E-state index in [0.717, 1.165) is 46.5 Å². The fourth-order valence-electron chi connectivity index (χ4n) is 8.46. The first kappa shape index (κ1) is 53.0. The Balaban J connectivity index is 0.000000254. The lowest BCUT2D eigenvalue weighted by atomic mass is 9.91. The van der Waals surface area contributed by atoms with Crippen LogP contribution in [0, 0.1) is 23.7 Å². The number of allylic oxidation sites excluding steroid dienone is 4. The summed E-state index contributed by atoms with van der Waals surface area (Å²) < 4.78 is 32.9. The topological polar surface area (TPSA) is 164 Å². The molecule has 4 aromatic carbocycles. The van der Waals surface area contributed by atoms with E-state index in [0.29, 0.717) is 71.2 Å². The van der Waals surface area contributed by atoms with Crippen LogP contribution in [-0.4, -0.2) is 73.4 Å². The molecule has 364 valence electrons.